The SMILES string of the molecule is CC(C)(c1ccc(OCCCCl)cc1)c1ccc(OCCCN2CCSCC2)cc1. The van der Waals surface area contributed by atoms with Gasteiger partial charge in [0.1, 0.15) is 11.5 Å². The van der Waals surface area contributed by atoms with Gasteiger partial charge >= 0.3 is 0 Å². The topological polar surface area (TPSA) is 21.7 Å². The lowest BCUT2D eigenvalue weighted by atomic mass is 9.78. The molecule has 0 unspecified atom stereocenters. The molecule has 164 valence electrons. The highest BCUT2D eigenvalue weighted by Crippen LogP contribution is 2.33. The molecule has 0 aliphatic carbocycles. The number of halogens is 1. The van der Waals surface area contributed by atoms with Gasteiger partial charge in [-0.25, -0.2) is 0 Å². The molecule has 0 radical (unpaired) electrons. The zero-order valence-electron chi connectivity index (χ0n) is 18.2. The molecule has 30 heavy (non-hydrogen) atoms. The van der Waals surface area contributed by atoms with E-state index in [0.717, 1.165) is 37.5 Å². The lowest BCUT2D eigenvalue weighted by Crippen LogP contribution is -2.33. The summed E-state index contributed by atoms with van der Waals surface area (Å²) < 4.78 is 11.7. The van der Waals surface area contributed by atoms with Gasteiger partial charge in [0.15, 0.2) is 0 Å². The third kappa shape index (κ3) is 6.83. The highest BCUT2D eigenvalue weighted by molar-refractivity contribution is 7.99. The van der Waals surface area contributed by atoms with Crippen molar-refractivity contribution in [3.8, 4) is 11.5 Å². The maximum Gasteiger partial charge on any atom is 0.119 e. The number of hydrogen-bond donors (Lipinski definition) is 0. The van der Waals surface area contributed by atoms with E-state index in [-0.39, 0.29) is 5.41 Å². The van der Waals surface area contributed by atoms with Crippen molar-refractivity contribution in [1.29, 1.82) is 0 Å². The average molecular weight is 448 g/mol. The van der Waals surface area contributed by atoms with Crippen LogP contribution in [0.5, 0.6) is 11.5 Å². The zero-order chi connectivity index (χ0) is 21.2. The number of ether oxygens (including phenoxy) is 2. The van der Waals surface area contributed by atoms with Crippen LogP contribution in [0, 0.1) is 0 Å². The van der Waals surface area contributed by atoms with E-state index in [1.165, 1.54) is 35.7 Å². The maximum absolute atomic E-state index is 5.98. The molecule has 2 aromatic carbocycles. The highest BCUT2D eigenvalue weighted by Gasteiger charge is 2.23. The standard InChI is InChI=1S/C25H34ClNO2S/c1-25(2,21-5-9-23(10-6-21)28-17-3-13-26)22-7-11-24(12-8-22)29-18-4-14-27-15-19-30-20-16-27/h5-12H,3-4,13-20H2,1-2H3. The Balaban J connectivity index is 1.49. The molecule has 1 aliphatic heterocycles. The first-order valence-corrected chi connectivity index (χ1v) is 12.6. The van der Waals surface area contributed by atoms with Crippen LogP contribution < -0.4 is 9.47 Å². The van der Waals surface area contributed by atoms with Crippen molar-refractivity contribution < 1.29 is 9.47 Å². The van der Waals surface area contributed by atoms with E-state index < -0.39 is 0 Å². The van der Waals surface area contributed by atoms with Crippen molar-refractivity contribution in [2.45, 2.75) is 32.1 Å². The van der Waals surface area contributed by atoms with Crippen molar-refractivity contribution in [2.75, 3.05) is 50.2 Å². The van der Waals surface area contributed by atoms with Crippen LogP contribution in [0.2, 0.25) is 0 Å². The number of benzene rings is 2. The van der Waals surface area contributed by atoms with Crippen molar-refractivity contribution in [3.63, 3.8) is 0 Å². The van der Waals surface area contributed by atoms with Gasteiger partial charge in [0.05, 0.1) is 13.2 Å². The summed E-state index contributed by atoms with van der Waals surface area (Å²) in [5.41, 5.74) is 2.46. The molecule has 1 heterocycles. The molecule has 5 heteroatoms. The average Bonchev–Trinajstić information content (AvgIpc) is 2.78. The van der Waals surface area contributed by atoms with E-state index in [2.05, 4.69) is 66.9 Å². The molecular formula is C25H34ClNO2S. The smallest absolute Gasteiger partial charge is 0.119 e. The van der Waals surface area contributed by atoms with Crippen LogP contribution >= 0.6 is 23.4 Å². The summed E-state index contributed by atoms with van der Waals surface area (Å²) in [7, 11) is 0. The van der Waals surface area contributed by atoms with Gasteiger partial charge in [-0.3, -0.25) is 0 Å². The van der Waals surface area contributed by atoms with E-state index in [9.17, 15) is 0 Å². The summed E-state index contributed by atoms with van der Waals surface area (Å²) in [5, 5.41) is 0. The van der Waals surface area contributed by atoms with Gasteiger partial charge in [-0.05, 0) is 48.2 Å². The second-order valence-corrected chi connectivity index (χ2v) is 9.82. The fraction of sp³-hybridized carbons (Fsp3) is 0.520. The molecule has 0 saturated carbocycles. The third-order valence-corrected chi connectivity index (χ3v) is 6.90. The first-order chi connectivity index (χ1) is 14.6. The Bertz CT molecular complexity index is 743. The lowest BCUT2D eigenvalue weighted by Gasteiger charge is -2.27. The monoisotopic (exact) mass is 447 g/mol. The Labute approximate surface area is 191 Å². The normalized spacial score (nSPS) is 15.2. The summed E-state index contributed by atoms with van der Waals surface area (Å²) in [5.74, 6) is 5.00. The Kier molecular flexibility index (Phi) is 9.23. The number of rotatable bonds is 11. The van der Waals surface area contributed by atoms with Crippen LogP contribution in [0.3, 0.4) is 0 Å². The minimum Gasteiger partial charge on any atom is -0.494 e. The van der Waals surface area contributed by atoms with E-state index in [1.54, 1.807) is 0 Å². The van der Waals surface area contributed by atoms with Gasteiger partial charge in [-0.1, -0.05) is 38.1 Å². The molecular weight excluding hydrogens is 414 g/mol. The van der Waals surface area contributed by atoms with Crippen LogP contribution in [0.1, 0.15) is 37.8 Å². The molecule has 1 fully saturated rings. The van der Waals surface area contributed by atoms with Crippen molar-refractivity contribution in [2.24, 2.45) is 0 Å². The molecule has 0 N–H and O–H groups in total. The summed E-state index contributed by atoms with van der Waals surface area (Å²) in [4.78, 5) is 2.54. The Hall–Kier alpha value is -1.36. The number of alkyl halides is 1. The molecule has 0 aromatic heterocycles. The first kappa shape index (κ1) is 23.3. The van der Waals surface area contributed by atoms with Crippen LogP contribution in [0.25, 0.3) is 0 Å². The predicted octanol–water partition coefficient (Wildman–Crippen LogP) is 5.84. The Morgan fingerprint density at radius 1 is 0.833 bits per heavy atom. The quantitative estimate of drug-likeness (QED) is 0.318. The van der Waals surface area contributed by atoms with E-state index in [1.807, 2.05) is 12.1 Å². The molecule has 0 atom stereocenters. The number of thioether (sulfide) groups is 1. The largest absolute Gasteiger partial charge is 0.494 e. The van der Waals surface area contributed by atoms with Crippen molar-refractivity contribution in [3.05, 3.63) is 59.7 Å². The van der Waals surface area contributed by atoms with E-state index in [0.29, 0.717) is 12.5 Å². The molecule has 1 aliphatic rings. The fourth-order valence-electron chi connectivity index (χ4n) is 3.65. The lowest BCUT2D eigenvalue weighted by molar-refractivity contribution is 0.248. The molecule has 1 saturated heterocycles. The summed E-state index contributed by atoms with van der Waals surface area (Å²) >= 11 is 7.77. The van der Waals surface area contributed by atoms with Gasteiger partial charge in [-0.2, -0.15) is 11.8 Å². The minimum absolute atomic E-state index is 0.0839. The molecule has 0 spiro atoms. The number of hydrogen-bond acceptors (Lipinski definition) is 4. The van der Waals surface area contributed by atoms with Crippen LogP contribution in [-0.2, 0) is 5.41 Å². The highest BCUT2D eigenvalue weighted by atomic mass is 35.5. The van der Waals surface area contributed by atoms with Crippen LogP contribution in [0.15, 0.2) is 48.5 Å². The van der Waals surface area contributed by atoms with Gasteiger partial charge in [0.25, 0.3) is 0 Å². The van der Waals surface area contributed by atoms with E-state index >= 15 is 0 Å². The molecule has 3 nitrogen and oxygen atoms in total. The maximum atomic E-state index is 5.98. The molecule has 0 amide bonds. The van der Waals surface area contributed by atoms with Crippen LogP contribution in [0.4, 0.5) is 0 Å². The summed E-state index contributed by atoms with van der Waals surface area (Å²) in [6, 6.07) is 17.0. The van der Waals surface area contributed by atoms with E-state index in [4.69, 9.17) is 21.1 Å². The third-order valence-electron chi connectivity index (χ3n) is 5.69. The van der Waals surface area contributed by atoms with Gasteiger partial charge in [-0.15, -0.1) is 11.6 Å². The van der Waals surface area contributed by atoms with Gasteiger partial charge in [0, 0.05) is 42.4 Å². The second kappa shape index (κ2) is 11.9. The zero-order valence-corrected chi connectivity index (χ0v) is 19.8. The van der Waals surface area contributed by atoms with Gasteiger partial charge in [0.2, 0.25) is 0 Å². The summed E-state index contributed by atoms with van der Waals surface area (Å²) in [6.45, 7) is 9.51. The molecule has 0 bridgehead atoms. The fourth-order valence-corrected chi connectivity index (χ4v) is 4.74. The van der Waals surface area contributed by atoms with Crippen molar-refractivity contribution in [1.82, 2.24) is 4.90 Å². The number of nitrogens with zero attached hydrogens (tertiary/aromatic N) is 1. The van der Waals surface area contributed by atoms with Gasteiger partial charge < -0.3 is 14.4 Å². The first-order valence-electron chi connectivity index (χ1n) is 10.9. The predicted molar refractivity (Wildman–Crippen MR) is 130 cm³/mol. The molecule has 2 aromatic rings. The summed E-state index contributed by atoms with van der Waals surface area (Å²) in [6.07, 6.45) is 1.94. The van der Waals surface area contributed by atoms with Crippen LogP contribution in [-0.4, -0.2) is 55.1 Å². The van der Waals surface area contributed by atoms with Crippen molar-refractivity contribution >= 4 is 23.4 Å². The Morgan fingerprint density at radius 3 is 1.83 bits per heavy atom. The second-order valence-electron chi connectivity index (χ2n) is 8.22. The minimum atomic E-state index is -0.0839. The molecule has 3 rings (SSSR count). The Morgan fingerprint density at radius 2 is 1.33 bits per heavy atom.